The van der Waals surface area contributed by atoms with Gasteiger partial charge in [-0.05, 0) is 24.3 Å². The molecule has 0 atom stereocenters. The van der Waals surface area contributed by atoms with Gasteiger partial charge in [0.2, 0.25) is 0 Å². The zero-order valence-corrected chi connectivity index (χ0v) is 15.3. The second-order valence-corrected chi connectivity index (χ2v) is 6.20. The molecule has 0 saturated heterocycles. The van der Waals surface area contributed by atoms with E-state index in [0.717, 1.165) is 0 Å². The Morgan fingerprint density at radius 2 is 1.64 bits per heavy atom. The number of ether oxygens (including phenoxy) is 1. The van der Waals surface area contributed by atoms with E-state index in [9.17, 15) is 9.59 Å². The number of carbonyl (C=O) groups is 2. The molecule has 0 aromatic heterocycles. The average molecular weight is 402 g/mol. The molecule has 0 aliphatic carbocycles. The highest BCUT2D eigenvalue weighted by molar-refractivity contribution is 6.34. The Labute approximate surface area is 160 Å². The molecule has 2 rings (SSSR count). The summed E-state index contributed by atoms with van der Waals surface area (Å²) in [5, 5.41) is 6.49. The van der Waals surface area contributed by atoms with Crippen molar-refractivity contribution in [1.29, 1.82) is 0 Å². The maximum absolute atomic E-state index is 11.9. The summed E-state index contributed by atoms with van der Waals surface area (Å²) in [6, 6.07) is 11.5. The number of benzene rings is 2. The van der Waals surface area contributed by atoms with E-state index in [1.165, 1.54) is 6.07 Å². The van der Waals surface area contributed by atoms with E-state index in [0.29, 0.717) is 26.4 Å². The number of nitrogens with one attached hydrogen (secondary N) is 2. The molecule has 0 fully saturated rings. The van der Waals surface area contributed by atoms with Crippen molar-refractivity contribution in [1.82, 2.24) is 10.6 Å². The largest absolute Gasteiger partial charge is 0.482 e. The first kappa shape index (κ1) is 19.4. The first-order valence-corrected chi connectivity index (χ1v) is 8.48. The third-order valence-electron chi connectivity index (χ3n) is 3.10. The quantitative estimate of drug-likeness (QED) is 0.697. The summed E-state index contributed by atoms with van der Waals surface area (Å²) in [5.74, 6) is -0.318. The molecular weight excluding hydrogens is 387 g/mol. The van der Waals surface area contributed by atoms with Gasteiger partial charge in [0, 0.05) is 24.2 Å². The van der Waals surface area contributed by atoms with Gasteiger partial charge in [-0.1, -0.05) is 46.9 Å². The lowest BCUT2D eigenvalue weighted by molar-refractivity contribution is -0.123. The third kappa shape index (κ3) is 6.12. The van der Waals surface area contributed by atoms with Crippen molar-refractivity contribution in [2.24, 2.45) is 0 Å². The molecule has 0 aliphatic rings. The van der Waals surface area contributed by atoms with Gasteiger partial charge < -0.3 is 15.4 Å². The van der Waals surface area contributed by atoms with Crippen LogP contribution in [0.25, 0.3) is 0 Å². The molecule has 8 heteroatoms. The minimum absolute atomic E-state index is 0.210. The Bertz CT molecular complexity index is 769. The van der Waals surface area contributed by atoms with Crippen LogP contribution in [0.4, 0.5) is 0 Å². The van der Waals surface area contributed by atoms with E-state index in [1.54, 1.807) is 36.4 Å². The first-order chi connectivity index (χ1) is 12.0. The minimum Gasteiger partial charge on any atom is -0.482 e. The number of hydrogen-bond donors (Lipinski definition) is 2. The van der Waals surface area contributed by atoms with Crippen molar-refractivity contribution in [3.63, 3.8) is 0 Å². The van der Waals surface area contributed by atoms with Gasteiger partial charge in [0.05, 0.1) is 15.6 Å². The minimum atomic E-state index is -0.344. The monoisotopic (exact) mass is 400 g/mol. The fourth-order valence-electron chi connectivity index (χ4n) is 1.90. The van der Waals surface area contributed by atoms with Crippen LogP contribution in [-0.4, -0.2) is 31.5 Å². The van der Waals surface area contributed by atoms with Crippen LogP contribution >= 0.6 is 34.8 Å². The summed E-state index contributed by atoms with van der Waals surface area (Å²) in [6.07, 6.45) is 0. The molecule has 0 spiro atoms. The predicted molar refractivity (Wildman–Crippen MR) is 98.8 cm³/mol. The second-order valence-electron chi connectivity index (χ2n) is 4.95. The Kier molecular flexibility index (Phi) is 7.37. The molecule has 5 nitrogen and oxygen atoms in total. The fraction of sp³-hybridized carbons (Fsp3) is 0.176. The summed E-state index contributed by atoms with van der Waals surface area (Å²) < 4.78 is 5.31. The molecule has 0 unspecified atom stereocenters. The average Bonchev–Trinajstić information content (AvgIpc) is 2.59. The lowest BCUT2D eigenvalue weighted by atomic mass is 10.2. The molecule has 0 saturated carbocycles. The second kappa shape index (κ2) is 9.51. The molecule has 0 radical (unpaired) electrons. The number of carbonyl (C=O) groups excluding carboxylic acids is 2. The molecule has 2 aromatic rings. The van der Waals surface area contributed by atoms with E-state index < -0.39 is 0 Å². The van der Waals surface area contributed by atoms with Crippen molar-refractivity contribution < 1.29 is 14.3 Å². The maximum atomic E-state index is 11.9. The summed E-state index contributed by atoms with van der Waals surface area (Å²) in [5.41, 5.74) is 0.384. The molecule has 2 N–H and O–H groups in total. The van der Waals surface area contributed by atoms with E-state index in [1.807, 2.05) is 0 Å². The van der Waals surface area contributed by atoms with Crippen molar-refractivity contribution in [3.05, 3.63) is 63.1 Å². The zero-order valence-electron chi connectivity index (χ0n) is 13.0. The molecule has 2 aromatic carbocycles. The standard InChI is InChI=1S/C17H15Cl3N2O3/c18-11-5-6-14(20)15(9-11)25-10-16(23)21-7-8-22-17(24)12-3-1-2-4-13(12)19/h1-6,9H,7-8,10H2,(H,21,23)(H,22,24). The summed E-state index contributed by atoms with van der Waals surface area (Å²) in [7, 11) is 0. The van der Waals surface area contributed by atoms with Gasteiger partial charge in [-0.3, -0.25) is 9.59 Å². The van der Waals surface area contributed by atoms with Crippen LogP contribution in [0.15, 0.2) is 42.5 Å². The lowest BCUT2D eigenvalue weighted by Crippen LogP contribution is -2.36. The maximum Gasteiger partial charge on any atom is 0.258 e. The van der Waals surface area contributed by atoms with Crippen LogP contribution < -0.4 is 15.4 Å². The Balaban J connectivity index is 1.69. The van der Waals surface area contributed by atoms with Gasteiger partial charge >= 0.3 is 0 Å². The highest BCUT2D eigenvalue weighted by Crippen LogP contribution is 2.27. The van der Waals surface area contributed by atoms with Crippen LogP contribution in [0.2, 0.25) is 15.1 Å². The molecule has 0 bridgehead atoms. The molecule has 2 amide bonds. The lowest BCUT2D eigenvalue weighted by Gasteiger charge is -2.10. The van der Waals surface area contributed by atoms with Crippen LogP contribution in [0.3, 0.4) is 0 Å². The van der Waals surface area contributed by atoms with Gasteiger partial charge in [0.1, 0.15) is 5.75 Å². The topological polar surface area (TPSA) is 67.4 Å². The highest BCUT2D eigenvalue weighted by atomic mass is 35.5. The van der Waals surface area contributed by atoms with Gasteiger partial charge in [0.25, 0.3) is 11.8 Å². The molecule has 132 valence electrons. The Hall–Kier alpha value is -1.95. The van der Waals surface area contributed by atoms with Gasteiger partial charge in [-0.15, -0.1) is 0 Å². The SMILES string of the molecule is O=C(COc1cc(Cl)ccc1Cl)NCCNC(=O)c1ccccc1Cl. The number of rotatable bonds is 7. The van der Waals surface area contributed by atoms with Crippen molar-refractivity contribution >= 4 is 46.6 Å². The van der Waals surface area contributed by atoms with Crippen LogP contribution in [-0.2, 0) is 4.79 Å². The Morgan fingerprint density at radius 1 is 0.920 bits per heavy atom. The van der Waals surface area contributed by atoms with Gasteiger partial charge in [-0.2, -0.15) is 0 Å². The summed E-state index contributed by atoms with van der Waals surface area (Å²) in [4.78, 5) is 23.7. The van der Waals surface area contributed by atoms with Crippen molar-refractivity contribution in [2.45, 2.75) is 0 Å². The first-order valence-electron chi connectivity index (χ1n) is 7.34. The fourth-order valence-corrected chi connectivity index (χ4v) is 2.46. The van der Waals surface area contributed by atoms with Crippen LogP contribution in [0.1, 0.15) is 10.4 Å². The van der Waals surface area contributed by atoms with Crippen molar-refractivity contribution in [2.75, 3.05) is 19.7 Å². The molecule has 25 heavy (non-hydrogen) atoms. The van der Waals surface area contributed by atoms with Crippen molar-refractivity contribution in [3.8, 4) is 5.75 Å². The smallest absolute Gasteiger partial charge is 0.258 e. The van der Waals surface area contributed by atoms with Crippen LogP contribution in [0, 0.1) is 0 Å². The van der Waals surface area contributed by atoms with E-state index in [4.69, 9.17) is 39.5 Å². The number of halogens is 3. The summed E-state index contributed by atoms with van der Waals surface area (Å²) >= 11 is 17.7. The third-order valence-corrected chi connectivity index (χ3v) is 3.98. The molecule has 0 aliphatic heterocycles. The predicted octanol–water partition coefficient (Wildman–Crippen LogP) is 3.57. The van der Waals surface area contributed by atoms with Gasteiger partial charge in [0.15, 0.2) is 6.61 Å². The van der Waals surface area contributed by atoms with E-state index >= 15 is 0 Å². The molecule has 0 heterocycles. The Morgan fingerprint density at radius 3 is 2.40 bits per heavy atom. The molecular formula is C17H15Cl3N2O3. The van der Waals surface area contributed by atoms with Crippen LogP contribution in [0.5, 0.6) is 5.75 Å². The normalized spacial score (nSPS) is 10.2. The summed E-state index contributed by atoms with van der Waals surface area (Å²) in [6.45, 7) is 0.300. The van der Waals surface area contributed by atoms with E-state index in [2.05, 4.69) is 10.6 Å². The zero-order chi connectivity index (χ0) is 18.2. The highest BCUT2D eigenvalue weighted by Gasteiger charge is 2.09. The number of hydrogen-bond acceptors (Lipinski definition) is 3. The van der Waals surface area contributed by atoms with Gasteiger partial charge in [-0.25, -0.2) is 0 Å². The number of amides is 2. The van der Waals surface area contributed by atoms with E-state index in [-0.39, 0.29) is 31.5 Å².